The predicted octanol–water partition coefficient (Wildman–Crippen LogP) is -3.32. The van der Waals surface area contributed by atoms with Gasteiger partial charge < -0.3 is 59.9 Å². The normalized spacial score (nSPS) is 39.4. The zero-order chi connectivity index (χ0) is 24.5. The molecule has 10 atom stereocenters. The predicted molar refractivity (Wildman–Crippen MR) is 112 cm³/mol. The summed E-state index contributed by atoms with van der Waals surface area (Å²) in [5.74, 6) is -0.783. The lowest BCUT2D eigenvalue weighted by atomic mass is 9.89. The van der Waals surface area contributed by atoms with E-state index in [-0.39, 0.29) is 45.6 Å². The van der Waals surface area contributed by atoms with Gasteiger partial charge in [0.05, 0.1) is 57.9 Å². The average molecular weight is 483 g/mol. The van der Waals surface area contributed by atoms with Crippen molar-refractivity contribution in [3.05, 3.63) is 0 Å². The SMILES string of the molecule is CO[C@@H]1OC(COCCO)[C@@H](O[C@@H]2OC(COCCO)[C@@H](C)[C@H](O)C2N)[C@H](O)C1NC(C)=O. The minimum atomic E-state index is -1.30. The van der Waals surface area contributed by atoms with Crippen LogP contribution in [0, 0.1) is 5.92 Å². The molecule has 13 nitrogen and oxygen atoms in total. The van der Waals surface area contributed by atoms with E-state index in [0.29, 0.717) is 0 Å². The van der Waals surface area contributed by atoms with Crippen molar-refractivity contribution in [1.82, 2.24) is 5.32 Å². The lowest BCUT2D eigenvalue weighted by Crippen LogP contribution is -2.67. The van der Waals surface area contributed by atoms with E-state index in [0.717, 1.165) is 0 Å². The van der Waals surface area contributed by atoms with Crippen LogP contribution in [0.5, 0.6) is 0 Å². The minimum Gasteiger partial charge on any atom is -0.394 e. The number of hydrogen-bond donors (Lipinski definition) is 6. The Bertz CT molecular complexity index is 586. The van der Waals surface area contributed by atoms with E-state index in [9.17, 15) is 15.0 Å². The number of nitrogens with one attached hydrogen (secondary N) is 1. The molecule has 0 aromatic carbocycles. The Kier molecular flexibility index (Phi) is 11.8. The van der Waals surface area contributed by atoms with Gasteiger partial charge in [-0.2, -0.15) is 0 Å². The molecule has 2 aliphatic heterocycles. The maximum absolute atomic E-state index is 11.7. The van der Waals surface area contributed by atoms with Crippen molar-refractivity contribution in [2.24, 2.45) is 11.7 Å². The van der Waals surface area contributed by atoms with Gasteiger partial charge in [-0.3, -0.25) is 4.79 Å². The van der Waals surface area contributed by atoms with Crippen molar-refractivity contribution in [3.8, 4) is 0 Å². The molecule has 2 heterocycles. The third-order valence-electron chi connectivity index (χ3n) is 5.74. The first-order valence-corrected chi connectivity index (χ1v) is 11.0. The standard InChI is InChI=1S/C20H38N2O11/c1-10-12(8-29-6-4-23)31-19(14(21)16(10)26)33-18-13(9-30-7-5-24)32-20(28-3)15(17(18)27)22-11(2)25/h10,12-20,23-24,26-27H,4-9,21H2,1-3H3,(H,22,25)/t10-,12?,13?,14?,15?,16+,17-,18-,19+,20-/m1/s1. The summed E-state index contributed by atoms with van der Waals surface area (Å²) in [6.45, 7) is 2.87. The van der Waals surface area contributed by atoms with E-state index >= 15 is 0 Å². The number of ether oxygens (including phenoxy) is 6. The van der Waals surface area contributed by atoms with Gasteiger partial charge in [-0.25, -0.2) is 0 Å². The molecule has 2 saturated heterocycles. The van der Waals surface area contributed by atoms with Gasteiger partial charge in [0, 0.05) is 20.0 Å². The highest BCUT2D eigenvalue weighted by atomic mass is 16.7. The topological polar surface area (TPSA) is 191 Å². The fraction of sp³-hybridized carbons (Fsp3) is 0.950. The van der Waals surface area contributed by atoms with E-state index in [2.05, 4.69) is 5.32 Å². The molecule has 33 heavy (non-hydrogen) atoms. The summed E-state index contributed by atoms with van der Waals surface area (Å²) in [7, 11) is 1.37. The van der Waals surface area contributed by atoms with E-state index in [4.69, 9.17) is 44.4 Å². The summed E-state index contributed by atoms with van der Waals surface area (Å²) in [6.07, 6.45) is -6.94. The number of methoxy groups -OCH3 is 1. The molecule has 0 aliphatic carbocycles. The zero-order valence-corrected chi connectivity index (χ0v) is 19.2. The summed E-state index contributed by atoms with van der Waals surface area (Å²) in [6, 6.07) is -1.90. The van der Waals surface area contributed by atoms with Crippen molar-refractivity contribution in [3.63, 3.8) is 0 Å². The summed E-state index contributed by atoms with van der Waals surface area (Å²) in [5.41, 5.74) is 6.17. The Hall–Kier alpha value is -0.970. The summed E-state index contributed by atoms with van der Waals surface area (Å²) in [4.78, 5) is 11.7. The van der Waals surface area contributed by atoms with Gasteiger partial charge in [0.25, 0.3) is 0 Å². The maximum Gasteiger partial charge on any atom is 0.217 e. The van der Waals surface area contributed by atoms with E-state index in [1.807, 2.05) is 0 Å². The molecule has 0 aromatic heterocycles. The number of carbonyl (C=O) groups excluding carboxylic acids is 1. The van der Waals surface area contributed by atoms with Crippen LogP contribution in [0.4, 0.5) is 0 Å². The fourth-order valence-corrected chi connectivity index (χ4v) is 3.93. The van der Waals surface area contributed by atoms with Gasteiger partial charge in [0.1, 0.15) is 24.4 Å². The number of aliphatic hydroxyl groups excluding tert-OH is 4. The second-order valence-corrected chi connectivity index (χ2v) is 8.16. The average Bonchev–Trinajstić information content (AvgIpc) is 2.78. The highest BCUT2D eigenvalue weighted by Gasteiger charge is 2.50. The molecule has 0 aromatic rings. The zero-order valence-electron chi connectivity index (χ0n) is 19.2. The summed E-state index contributed by atoms with van der Waals surface area (Å²) in [5, 5.41) is 42.2. The third kappa shape index (κ3) is 7.50. The monoisotopic (exact) mass is 482 g/mol. The summed E-state index contributed by atoms with van der Waals surface area (Å²) >= 11 is 0. The fourth-order valence-electron chi connectivity index (χ4n) is 3.93. The Morgan fingerprint density at radius 3 is 2.12 bits per heavy atom. The molecule has 194 valence electrons. The Morgan fingerprint density at radius 1 is 1.00 bits per heavy atom. The van der Waals surface area contributed by atoms with Gasteiger partial charge in [-0.15, -0.1) is 0 Å². The largest absolute Gasteiger partial charge is 0.394 e. The first kappa shape index (κ1) is 28.3. The first-order chi connectivity index (χ1) is 15.7. The van der Waals surface area contributed by atoms with Gasteiger partial charge in [-0.05, 0) is 0 Å². The molecule has 1 amide bonds. The molecule has 0 spiro atoms. The van der Waals surface area contributed by atoms with Crippen molar-refractivity contribution in [2.75, 3.05) is 46.8 Å². The third-order valence-corrected chi connectivity index (χ3v) is 5.74. The molecule has 0 radical (unpaired) electrons. The van der Waals surface area contributed by atoms with Crippen molar-refractivity contribution < 1.29 is 53.6 Å². The molecule has 2 fully saturated rings. The number of carbonyl (C=O) groups is 1. The number of amides is 1. The number of aliphatic hydroxyl groups is 4. The molecule has 2 aliphatic rings. The highest BCUT2D eigenvalue weighted by Crippen LogP contribution is 2.31. The van der Waals surface area contributed by atoms with E-state index < -0.39 is 61.1 Å². The molecule has 4 unspecified atom stereocenters. The van der Waals surface area contributed by atoms with Gasteiger partial charge in [-0.1, -0.05) is 6.92 Å². The number of rotatable bonds is 12. The molecular weight excluding hydrogens is 444 g/mol. The van der Waals surface area contributed by atoms with Crippen LogP contribution in [0.25, 0.3) is 0 Å². The lowest BCUT2D eigenvalue weighted by Gasteiger charge is -2.48. The Balaban J connectivity index is 2.20. The Morgan fingerprint density at radius 2 is 1.58 bits per heavy atom. The molecular formula is C20H38N2O11. The van der Waals surface area contributed by atoms with Crippen LogP contribution in [0.1, 0.15) is 13.8 Å². The molecule has 0 saturated carbocycles. The van der Waals surface area contributed by atoms with Crippen LogP contribution in [0.3, 0.4) is 0 Å². The van der Waals surface area contributed by atoms with E-state index in [1.165, 1.54) is 14.0 Å². The highest BCUT2D eigenvalue weighted by molar-refractivity contribution is 5.73. The van der Waals surface area contributed by atoms with Crippen molar-refractivity contribution >= 4 is 5.91 Å². The Labute approximate surface area is 193 Å². The van der Waals surface area contributed by atoms with Crippen LogP contribution in [0.15, 0.2) is 0 Å². The van der Waals surface area contributed by atoms with Crippen LogP contribution < -0.4 is 11.1 Å². The van der Waals surface area contributed by atoms with Gasteiger partial charge in [0.15, 0.2) is 12.6 Å². The second-order valence-electron chi connectivity index (χ2n) is 8.16. The number of hydrogen-bond acceptors (Lipinski definition) is 12. The lowest BCUT2D eigenvalue weighted by molar-refractivity contribution is -0.325. The van der Waals surface area contributed by atoms with Crippen LogP contribution in [0.2, 0.25) is 0 Å². The molecule has 2 rings (SSSR count). The second kappa shape index (κ2) is 13.8. The minimum absolute atomic E-state index is 0.0371. The summed E-state index contributed by atoms with van der Waals surface area (Å²) < 4.78 is 33.8. The number of nitrogens with two attached hydrogens (primary N) is 1. The van der Waals surface area contributed by atoms with Gasteiger partial charge >= 0.3 is 0 Å². The first-order valence-electron chi connectivity index (χ1n) is 11.0. The van der Waals surface area contributed by atoms with Crippen LogP contribution in [-0.4, -0.2) is 128 Å². The van der Waals surface area contributed by atoms with Crippen molar-refractivity contribution in [1.29, 1.82) is 0 Å². The van der Waals surface area contributed by atoms with E-state index in [1.54, 1.807) is 6.92 Å². The van der Waals surface area contributed by atoms with Crippen LogP contribution >= 0.6 is 0 Å². The smallest absolute Gasteiger partial charge is 0.217 e. The molecule has 0 bridgehead atoms. The molecule has 7 N–H and O–H groups in total. The van der Waals surface area contributed by atoms with Crippen molar-refractivity contribution in [2.45, 2.75) is 69.0 Å². The van der Waals surface area contributed by atoms with Crippen LogP contribution in [-0.2, 0) is 33.2 Å². The maximum atomic E-state index is 11.7. The quantitative estimate of drug-likeness (QED) is 0.152. The molecule has 13 heteroatoms. The van der Waals surface area contributed by atoms with Gasteiger partial charge in [0.2, 0.25) is 5.91 Å².